The van der Waals surface area contributed by atoms with Crippen molar-refractivity contribution in [2.45, 2.75) is 25.9 Å². The minimum Gasteiger partial charge on any atom is -0.371 e. The number of halogens is 1. The van der Waals surface area contributed by atoms with Gasteiger partial charge in [-0.1, -0.05) is 18.2 Å². The molecule has 2 aromatic carbocycles. The van der Waals surface area contributed by atoms with Gasteiger partial charge in [0.1, 0.15) is 5.82 Å². The standard InChI is InChI=1S/C19H20FN3/c20-18-7-4-8-19(23-9-1-2-10-23)17(18)14-22-13-16-6-3-5-15(11-16)12-21/h3-8,11,22H,1-2,9-10,13-14H2. The highest BCUT2D eigenvalue weighted by molar-refractivity contribution is 5.54. The molecule has 1 fully saturated rings. The first-order chi connectivity index (χ1) is 11.3. The van der Waals surface area contributed by atoms with Crippen LogP contribution in [0, 0.1) is 17.1 Å². The van der Waals surface area contributed by atoms with Crippen molar-refractivity contribution in [2.24, 2.45) is 0 Å². The molecule has 0 amide bonds. The van der Waals surface area contributed by atoms with Crippen molar-refractivity contribution in [3.05, 3.63) is 65.0 Å². The van der Waals surface area contributed by atoms with E-state index in [9.17, 15) is 4.39 Å². The summed E-state index contributed by atoms with van der Waals surface area (Å²) in [7, 11) is 0. The van der Waals surface area contributed by atoms with Crippen LogP contribution < -0.4 is 10.2 Å². The SMILES string of the molecule is N#Cc1cccc(CNCc2c(F)cccc2N2CCCC2)c1. The van der Waals surface area contributed by atoms with Gasteiger partial charge in [-0.05, 0) is 42.7 Å². The molecular formula is C19H20FN3. The van der Waals surface area contributed by atoms with Gasteiger partial charge in [-0.2, -0.15) is 5.26 Å². The van der Waals surface area contributed by atoms with E-state index in [1.807, 2.05) is 24.3 Å². The lowest BCUT2D eigenvalue weighted by molar-refractivity contribution is 0.587. The third-order valence-electron chi connectivity index (χ3n) is 4.23. The maximum absolute atomic E-state index is 14.2. The fraction of sp³-hybridized carbons (Fsp3) is 0.316. The van der Waals surface area contributed by atoms with Crippen LogP contribution in [0.1, 0.15) is 29.5 Å². The van der Waals surface area contributed by atoms with E-state index in [1.165, 1.54) is 18.9 Å². The average molecular weight is 309 g/mol. The van der Waals surface area contributed by atoms with Gasteiger partial charge >= 0.3 is 0 Å². The molecule has 0 spiro atoms. The van der Waals surface area contributed by atoms with E-state index in [-0.39, 0.29) is 5.82 Å². The summed E-state index contributed by atoms with van der Waals surface area (Å²) in [4.78, 5) is 2.26. The Morgan fingerprint density at radius 1 is 1.09 bits per heavy atom. The van der Waals surface area contributed by atoms with Crippen LogP contribution in [0.3, 0.4) is 0 Å². The number of nitrogens with zero attached hydrogens (tertiary/aromatic N) is 2. The molecule has 1 aliphatic heterocycles. The Kier molecular flexibility index (Phi) is 4.89. The molecule has 1 heterocycles. The molecule has 118 valence electrons. The van der Waals surface area contributed by atoms with Gasteiger partial charge in [-0.25, -0.2) is 4.39 Å². The summed E-state index contributed by atoms with van der Waals surface area (Å²) in [6.45, 7) is 3.10. The maximum Gasteiger partial charge on any atom is 0.129 e. The molecule has 1 aliphatic rings. The van der Waals surface area contributed by atoms with Gasteiger partial charge in [0.25, 0.3) is 0 Å². The molecule has 0 radical (unpaired) electrons. The Bertz CT molecular complexity index is 715. The molecule has 0 aromatic heterocycles. The third kappa shape index (κ3) is 3.69. The van der Waals surface area contributed by atoms with Crippen LogP contribution >= 0.6 is 0 Å². The molecule has 2 aromatic rings. The number of hydrogen-bond acceptors (Lipinski definition) is 3. The van der Waals surface area contributed by atoms with Crippen molar-refractivity contribution in [1.29, 1.82) is 5.26 Å². The van der Waals surface area contributed by atoms with Crippen LogP contribution in [0.2, 0.25) is 0 Å². The molecule has 0 bridgehead atoms. The second kappa shape index (κ2) is 7.26. The van der Waals surface area contributed by atoms with Gasteiger partial charge < -0.3 is 10.2 Å². The third-order valence-corrected chi connectivity index (χ3v) is 4.23. The Hall–Kier alpha value is -2.38. The van der Waals surface area contributed by atoms with Gasteiger partial charge in [-0.15, -0.1) is 0 Å². The van der Waals surface area contributed by atoms with Gasteiger partial charge in [0.2, 0.25) is 0 Å². The highest BCUT2D eigenvalue weighted by Gasteiger charge is 2.17. The predicted molar refractivity (Wildman–Crippen MR) is 89.5 cm³/mol. The zero-order chi connectivity index (χ0) is 16.1. The monoisotopic (exact) mass is 309 g/mol. The molecule has 1 N–H and O–H groups in total. The highest BCUT2D eigenvalue weighted by atomic mass is 19.1. The zero-order valence-corrected chi connectivity index (χ0v) is 13.1. The van der Waals surface area contributed by atoms with Gasteiger partial charge in [0, 0.05) is 37.4 Å². The lowest BCUT2D eigenvalue weighted by atomic mass is 10.1. The number of rotatable bonds is 5. The normalized spacial score (nSPS) is 14.0. The minimum atomic E-state index is -0.160. The van der Waals surface area contributed by atoms with E-state index in [1.54, 1.807) is 12.1 Å². The Labute approximate surface area is 136 Å². The van der Waals surface area contributed by atoms with E-state index in [0.717, 1.165) is 29.9 Å². The average Bonchev–Trinajstić information content (AvgIpc) is 3.11. The van der Waals surface area contributed by atoms with Crippen molar-refractivity contribution in [3.8, 4) is 6.07 Å². The van der Waals surface area contributed by atoms with Crippen molar-refractivity contribution in [3.63, 3.8) is 0 Å². The summed E-state index contributed by atoms with van der Waals surface area (Å²) in [6, 6.07) is 14.9. The summed E-state index contributed by atoms with van der Waals surface area (Å²) in [6.07, 6.45) is 2.34. The smallest absolute Gasteiger partial charge is 0.129 e. The Morgan fingerprint density at radius 2 is 1.87 bits per heavy atom. The molecule has 0 aliphatic carbocycles. The van der Waals surface area contributed by atoms with Crippen molar-refractivity contribution in [1.82, 2.24) is 5.32 Å². The first kappa shape index (κ1) is 15.5. The van der Waals surface area contributed by atoms with Gasteiger partial charge in [-0.3, -0.25) is 0 Å². The number of benzene rings is 2. The van der Waals surface area contributed by atoms with Crippen LogP contribution in [0.15, 0.2) is 42.5 Å². The summed E-state index contributed by atoms with van der Waals surface area (Å²) >= 11 is 0. The second-order valence-corrected chi connectivity index (χ2v) is 5.85. The van der Waals surface area contributed by atoms with E-state index >= 15 is 0 Å². The topological polar surface area (TPSA) is 39.1 Å². The van der Waals surface area contributed by atoms with Crippen LogP contribution in [0.25, 0.3) is 0 Å². The van der Waals surface area contributed by atoms with E-state index in [2.05, 4.69) is 16.3 Å². The summed E-state index contributed by atoms with van der Waals surface area (Å²) < 4.78 is 14.2. The van der Waals surface area contributed by atoms with Gasteiger partial charge in [0.05, 0.1) is 11.6 Å². The molecule has 3 nitrogen and oxygen atoms in total. The molecule has 0 atom stereocenters. The number of hydrogen-bond donors (Lipinski definition) is 1. The molecule has 0 unspecified atom stereocenters. The van der Waals surface area contributed by atoms with Crippen LogP contribution in [0.4, 0.5) is 10.1 Å². The lowest BCUT2D eigenvalue weighted by Gasteiger charge is -2.22. The number of nitrogens with one attached hydrogen (secondary N) is 1. The predicted octanol–water partition coefficient (Wildman–Crippen LogP) is 3.59. The number of nitriles is 1. The summed E-state index contributed by atoms with van der Waals surface area (Å²) in [5.41, 5.74) is 3.41. The quantitative estimate of drug-likeness (QED) is 0.917. The number of anilines is 1. The molecule has 23 heavy (non-hydrogen) atoms. The lowest BCUT2D eigenvalue weighted by Crippen LogP contribution is -2.22. The molecule has 1 saturated heterocycles. The van der Waals surface area contributed by atoms with Crippen LogP contribution in [-0.2, 0) is 13.1 Å². The largest absolute Gasteiger partial charge is 0.371 e. The molecule has 4 heteroatoms. The molecule has 3 rings (SSSR count). The van der Waals surface area contributed by atoms with E-state index in [4.69, 9.17) is 5.26 Å². The first-order valence-corrected chi connectivity index (χ1v) is 8.00. The zero-order valence-electron chi connectivity index (χ0n) is 13.1. The van der Waals surface area contributed by atoms with Crippen molar-refractivity contribution in [2.75, 3.05) is 18.0 Å². The Morgan fingerprint density at radius 3 is 2.65 bits per heavy atom. The van der Waals surface area contributed by atoms with Crippen LogP contribution in [0.5, 0.6) is 0 Å². The van der Waals surface area contributed by atoms with E-state index in [0.29, 0.717) is 18.7 Å². The van der Waals surface area contributed by atoms with Crippen molar-refractivity contribution < 1.29 is 4.39 Å². The van der Waals surface area contributed by atoms with Gasteiger partial charge in [0.15, 0.2) is 0 Å². The highest BCUT2D eigenvalue weighted by Crippen LogP contribution is 2.26. The second-order valence-electron chi connectivity index (χ2n) is 5.85. The minimum absolute atomic E-state index is 0.160. The molecular weight excluding hydrogens is 289 g/mol. The fourth-order valence-electron chi connectivity index (χ4n) is 3.06. The Balaban J connectivity index is 1.69. The summed E-state index contributed by atoms with van der Waals surface area (Å²) in [5, 5.41) is 12.2. The van der Waals surface area contributed by atoms with E-state index < -0.39 is 0 Å². The fourth-order valence-corrected chi connectivity index (χ4v) is 3.06. The molecule has 0 saturated carbocycles. The maximum atomic E-state index is 14.2. The first-order valence-electron chi connectivity index (χ1n) is 8.00. The van der Waals surface area contributed by atoms with Crippen molar-refractivity contribution >= 4 is 5.69 Å². The summed E-state index contributed by atoms with van der Waals surface area (Å²) in [5.74, 6) is -0.160. The van der Waals surface area contributed by atoms with Crippen LogP contribution in [-0.4, -0.2) is 13.1 Å².